The van der Waals surface area contributed by atoms with Gasteiger partial charge in [-0.25, -0.2) is 0 Å². The highest BCUT2D eigenvalue weighted by Crippen LogP contribution is 2.29. The Kier molecular flexibility index (Phi) is 5.11. The van der Waals surface area contributed by atoms with E-state index in [1.54, 1.807) is 12.1 Å². The predicted molar refractivity (Wildman–Crippen MR) is 73.8 cm³/mol. The van der Waals surface area contributed by atoms with Crippen LogP contribution in [0.5, 0.6) is 0 Å². The molecule has 3 N–H and O–H groups in total. The Morgan fingerprint density at radius 1 is 1.53 bits per heavy atom. The summed E-state index contributed by atoms with van der Waals surface area (Å²) in [5, 5.41) is 22.6. The van der Waals surface area contributed by atoms with Gasteiger partial charge in [-0.2, -0.15) is 0 Å². The van der Waals surface area contributed by atoms with E-state index in [1.807, 2.05) is 18.7 Å². The number of rotatable bonds is 6. The number of amidine groups is 1. The largest absolute Gasteiger partial charge is 0.409 e. The first kappa shape index (κ1) is 14.7. The smallest absolute Gasteiger partial charge is 0.293 e. The molecule has 0 aliphatic carbocycles. The van der Waals surface area contributed by atoms with Gasteiger partial charge >= 0.3 is 0 Å². The summed E-state index contributed by atoms with van der Waals surface area (Å²) in [6.45, 7) is 5.37. The second kappa shape index (κ2) is 6.58. The number of oxime groups is 1. The van der Waals surface area contributed by atoms with Crippen LogP contribution in [0.2, 0.25) is 0 Å². The zero-order chi connectivity index (χ0) is 14.4. The number of nitro benzene ring substituents is 1. The van der Waals surface area contributed by atoms with E-state index >= 15 is 0 Å². The topological polar surface area (TPSA) is 105 Å². The first-order valence-corrected chi connectivity index (χ1v) is 6.06. The van der Waals surface area contributed by atoms with E-state index in [9.17, 15) is 10.1 Å². The molecule has 0 unspecified atom stereocenters. The van der Waals surface area contributed by atoms with E-state index in [1.165, 1.54) is 6.07 Å². The Balaban J connectivity index is 3.29. The molecule has 0 aromatic heterocycles. The second-order valence-corrected chi connectivity index (χ2v) is 4.03. The lowest BCUT2D eigenvalue weighted by atomic mass is 10.1. The highest BCUT2D eigenvalue weighted by molar-refractivity contribution is 5.98. The van der Waals surface area contributed by atoms with Crippen molar-refractivity contribution in [2.75, 3.05) is 18.0 Å². The van der Waals surface area contributed by atoms with Crippen molar-refractivity contribution in [3.8, 4) is 0 Å². The predicted octanol–water partition coefficient (Wildman–Crippen LogP) is 1.93. The number of benzene rings is 1. The van der Waals surface area contributed by atoms with Gasteiger partial charge in [0.15, 0.2) is 5.84 Å². The van der Waals surface area contributed by atoms with Gasteiger partial charge in [0.05, 0.1) is 4.92 Å². The van der Waals surface area contributed by atoms with Crippen LogP contribution in [0.1, 0.15) is 25.8 Å². The normalized spacial score (nSPS) is 11.4. The lowest BCUT2D eigenvalue weighted by Gasteiger charge is -2.22. The molecule has 0 fully saturated rings. The maximum atomic E-state index is 11.1. The van der Waals surface area contributed by atoms with Gasteiger partial charge in [0.2, 0.25) is 0 Å². The SMILES string of the molecule is CCCN(CC)c1ccc(C(N)=NO)cc1[N+](=O)[O-]. The van der Waals surface area contributed by atoms with Crippen molar-refractivity contribution < 1.29 is 10.1 Å². The summed E-state index contributed by atoms with van der Waals surface area (Å²) in [5.74, 6) is -0.145. The summed E-state index contributed by atoms with van der Waals surface area (Å²) in [6.07, 6.45) is 0.896. The van der Waals surface area contributed by atoms with E-state index in [4.69, 9.17) is 10.9 Å². The summed E-state index contributed by atoms with van der Waals surface area (Å²) in [4.78, 5) is 12.6. The molecule has 0 aliphatic heterocycles. The highest BCUT2D eigenvalue weighted by Gasteiger charge is 2.19. The minimum absolute atomic E-state index is 0.0422. The lowest BCUT2D eigenvalue weighted by molar-refractivity contribution is -0.384. The Labute approximate surface area is 111 Å². The van der Waals surface area contributed by atoms with E-state index in [0.29, 0.717) is 17.8 Å². The third-order valence-electron chi connectivity index (χ3n) is 2.79. The molecule has 1 aromatic rings. The fourth-order valence-electron chi connectivity index (χ4n) is 1.87. The summed E-state index contributed by atoms with van der Waals surface area (Å²) < 4.78 is 0. The van der Waals surface area contributed by atoms with Gasteiger partial charge in [-0.3, -0.25) is 10.1 Å². The molecule has 0 atom stereocenters. The summed E-state index contributed by atoms with van der Waals surface area (Å²) in [7, 11) is 0. The first-order valence-electron chi connectivity index (χ1n) is 6.06. The maximum Gasteiger partial charge on any atom is 0.293 e. The number of hydrogen-bond acceptors (Lipinski definition) is 5. The molecule has 0 aliphatic rings. The fraction of sp³-hybridized carbons (Fsp3) is 0.417. The molecule has 0 radical (unpaired) electrons. The van der Waals surface area contributed by atoms with Gasteiger partial charge < -0.3 is 15.8 Å². The van der Waals surface area contributed by atoms with Gasteiger partial charge in [-0.05, 0) is 25.5 Å². The van der Waals surface area contributed by atoms with E-state index in [2.05, 4.69) is 5.16 Å². The average molecular weight is 266 g/mol. The van der Waals surface area contributed by atoms with Gasteiger partial charge in [-0.1, -0.05) is 12.1 Å². The van der Waals surface area contributed by atoms with Gasteiger partial charge in [0, 0.05) is 24.7 Å². The van der Waals surface area contributed by atoms with Crippen LogP contribution in [0.3, 0.4) is 0 Å². The number of nitrogens with two attached hydrogens (primary N) is 1. The molecule has 7 heteroatoms. The van der Waals surface area contributed by atoms with Crippen molar-refractivity contribution in [2.45, 2.75) is 20.3 Å². The zero-order valence-electron chi connectivity index (χ0n) is 11.0. The van der Waals surface area contributed by atoms with Crippen LogP contribution in [0.15, 0.2) is 23.4 Å². The Bertz CT molecular complexity index is 488. The molecule has 0 bridgehead atoms. The van der Waals surface area contributed by atoms with E-state index < -0.39 is 4.92 Å². The molecule has 0 heterocycles. The van der Waals surface area contributed by atoms with Crippen molar-refractivity contribution in [3.63, 3.8) is 0 Å². The highest BCUT2D eigenvalue weighted by atomic mass is 16.6. The maximum absolute atomic E-state index is 11.1. The Hall–Kier alpha value is -2.31. The van der Waals surface area contributed by atoms with Crippen LogP contribution in [0.4, 0.5) is 11.4 Å². The van der Waals surface area contributed by atoms with Crippen LogP contribution < -0.4 is 10.6 Å². The van der Waals surface area contributed by atoms with E-state index in [-0.39, 0.29) is 11.5 Å². The molecule has 1 rings (SSSR count). The number of anilines is 1. The van der Waals surface area contributed by atoms with Crippen molar-refractivity contribution in [1.82, 2.24) is 0 Å². The van der Waals surface area contributed by atoms with Crippen molar-refractivity contribution in [3.05, 3.63) is 33.9 Å². The molecule has 1 aromatic carbocycles. The number of nitrogens with zero attached hydrogens (tertiary/aromatic N) is 3. The monoisotopic (exact) mass is 266 g/mol. The van der Waals surface area contributed by atoms with Crippen LogP contribution in [0, 0.1) is 10.1 Å². The second-order valence-electron chi connectivity index (χ2n) is 4.03. The summed E-state index contributed by atoms with van der Waals surface area (Å²) >= 11 is 0. The number of hydrogen-bond donors (Lipinski definition) is 2. The molecule has 0 spiro atoms. The summed E-state index contributed by atoms with van der Waals surface area (Å²) in [5.41, 5.74) is 6.27. The van der Waals surface area contributed by atoms with Crippen LogP contribution >= 0.6 is 0 Å². The molecular weight excluding hydrogens is 248 g/mol. The zero-order valence-corrected chi connectivity index (χ0v) is 11.0. The Morgan fingerprint density at radius 3 is 2.68 bits per heavy atom. The molecule has 0 saturated carbocycles. The van der Waals surface area contributed by atoms with Crippen molar-refractivity contribution >= 4 is 17.2 Å². The quantitative estimate of drug-likeness (QED) is 0.269. The molecule has 104 valence electrons. The Morgan fingerprint density at radius 2 is 2.21 bits per heavy atom. The van der Waals surface area contributed by atoms with Crippen molar-refractivity contribution in [1.29, 1.82) is 0 Å². The van der Waals surface area contributed by atoms with Gasteiger partial charge in [-0.15, -0.1) is 0 Å². The average Bonchev–Trinajstić information content (AvgIpc) is 2.43. The van der Waals surface area contributed by atoms with E-state index in [0.717, 1.165) is 13.0 Å². The third kappa shape index (κ3) is 3.34. The third-order valence-corrected chi connectivity index (χ3v) is 2.79. The lowest BCUT2D eigenvalue weighted by Crippen LogP contribution is -2.24. The van der Waals surface area contributed by atoms with Gasteiger partial charge in [0.25, 0.3) is 5.69 Å². The van der Waals surface area contributed by atoms with Gasteiger partial charge in [0.1, 0.15) is 5.69 Å². The molecule has 0 amide bonds. The van der Waals surface area contributed by atoms with Crippen LogP contribution in [0.25, 0.3) is 0 Å². The van der Waals surface area contributed by atoms with Crippen LogP contribution in [-0.4, -0.2) is 29.1 Å². The minimum atomic E-state index is -0.457. The molecular formula is C12H18N4O3. The van der Waals surface area contributed by atoms with Crippen molar-refractivity contribution in [2.24, 2.45) is 10.9 Å². The number of nitro groups is 1. The first-order chi connectivity index (χ1) is 9.04. The molecule has 7 nitrogen and oxygen atoms in total. The standard InChI is InChI=1S/C12H18N4O3/c1-3-7-15(4-2)10-6-5-9(12(13)14-17)8-11(10)16(18)19/h5-6,8,17H,3-4,7H2,1-2H3,(H2,13,14). The van der Waals surface area contributed by atoms with Crippen LogP contribution in [-0.2, 0) is 0 Å². The molecule has 19 heavy (non-hydrogen) atoms. The fourth-order valence-corrected chi connectivity index (χ4v) is 1.87. The molecule has 0 saturated heterocycles. The summed E-state index contributed by atoms with van der Waals surface area (Å²) in [6, 6.07) is 4.56. The minimum Gasteiger partial charge on any atom is -0.409 e.